The van der Waals surface area contributed by atoms with Crippen LogP contribution in [0.5, 0.6) is 0 Å². The first-order valence-electron chi connectivity index (χ1n) is 10.7. The van der Waals surface area contributed by atoms with E-state index in [-0.39, 0.29) is 35.7 Å². The lowest BCUT2D eigenvalue weighted by Gasteiger charge is -2.26. The Balaban J connectivity index is 2.23. The predicted molar refractivity (Wildman–Crippen MR) is 118 cm³/mol. The molecule has 1 heterocycles. The number of carbonyl (C=O) groups excluding carboxylic acids is 2. The molecule has 3 atom stereocenters. The number of rotatable bonds is 10. The Morgan fingerprint density at radius 1 is 1.30 bits per heavy atom. The monoisotopic (exact) mass is 438 g/mol. The van der Waals surface area contributed by atoms with Crippen LogP contribution in [0.2, 0.25) is 0 Å². The highest BCUT2D eigenvalue weighted by atomic mass is 32.2. The lowest BCUT2D eigenvalue weighted by molar-refractivity contribution is -0.144. The molecule has 1 fully saturated rings. The second-order valence-corrected chi connectivity index (χ2v) is 10.4. The van der Waals surface area contributed by atoms with Crippen molar-refractivity contribution in [1.82, 2.24) is 5.32 Å². The lowest BCUT2D eigenvalue weighted by Crippen LogP contribution is -2.44. The zero-order chi connectivity index (χ0) is 22.5. The Morgan fingerprint density at radius 2 is 2.00 bits per heavy atom. The maximum absolute atomic E-state index is 13.0. The van der Waals surface area contributed by atoms with Gasteiger partial charge in [-0.2, -0.15) is 0 Å². The highest BCUT2D eigenvalue weighted by Gasteiger charge is 2.37. The highest BCUT2D eigenvalue weighted by molar-refractivity contribution is 7.92. The molecule has 0 aromatic heterocycles. The molecule has 0 saturated carbocycles. The number of hydrogen-bond acceptors (Lipinski definition) is 5. The molecule has 1 aliphatic rings. The Labute approximate surface area is 180 Å². The van der Waals surface area contributed by atoms with Crippen LogP contribution >= 0.6 is 0 Å². The summed E-state index contributed by atoms with van der Waals surface area (Å²) in [5.41, 5.74) is 0.851. The van der Waals surface area contributed by atoms with Crippen molar-refractivity contribution >= 4 is 27.6 Å². The van der Waals surface area contributed by atoms with Gasteiger partial charge in [0.2, 0.25) is 10.0 Å². The van der Waals surface area contributed by atoms with Crippen molar-refractivity contribution in [3.05, 3.63) is 29.8 Å². The summed E-state index contributed by atoms with van der Waals surface area (Å²) in [6.07, 6.45) is 1.44. The highest BCUT2D eigenvalue weighted by Crippen LogP contribution is 2.26. The molecule has 1 aliphatic heterocycles. The van der Waals surface area contributed by atoms with Crippen molar-refractivity contribution in [3.63, 3.8) is 0 Å². The van der Waals surface area contributed by atoms with E-state index in [1.54, 1.807) is 31.2 Å². The van der Waals surface area contributed by atoms with E-state index in [1.165, 1.54) is 4.31 Å². The van der Waals surface area contributed by atoms with E-state index in [4.69, 9.17) is 4.74 Å². The lowest BCUT2D eigenvalue weighted by atomic mass is 9.94. The third-order valence-electron chi connectivity index (χ3n) is 5.23. The van der Waals surface area contributed by atoms with Crippen molar-refractivity contribution in [2.45, 2.75) is 66.0 Å². The van der Waals surface area contributed by atoms with Gasteiger partial charge in [-0.3, -0.25) is 13.9 Å². The summed E-state index contributed by atoms with van der Waals surface area (Å²) in [7, 11) is -3.44. The molecule has 0 bridgehead atoms. The van der Waals surface area contributed by atoms with Crippen LogP contribution in [0.3, 0.4) is 0 Å². The van der Waals surface area contributed by atoms with Gasteiger partial charge in [0.15, 0.2) is 0 Å². The molecule has 7 nitrogen and oxygen atoms in total. The molecular weight excluding hydrogens is 404 g/mol. The van der Waals surface area contributed by atoms with Crippen molar-refractivity contribution in [2.75, 3.05) is 16.6 Å². The largest absolute Gasteiger partial charge is 0.460 e. The van der Waals surface area contributed by atoms with Gasteiger partial charge >= 0.3 is 5.97 Å². The molecule has 2 rings (SSSR count). The van der Waals surface area contributed by atoms with Crippen molar-refractivity contribution in [1.29, 1.82) is 0 Å². The minimum absolute atomic E-state index is 0.0545. The molecular formula is C22H34N2O5S. The fraction of sp³-hybridized carbons (Fsp3) is 0.636. The average molecular weight is 439 g/mol. The number of benzene rings is 1. The van der Waals surface area contributed by atoms with E-state index in [0.717, 1.165) is 0 Å². The Morgan fingerprint density at radius 3 is 2.53 bits per heavy atom. The summed E-state index contributed by atoms with van der Waals surface area (Å²) >= 11 is 0. The van der Waals surface area contributed by atoms with Crippen molar-refractivity contribution in [3.8, 4) is 0 Å². The minimum atomic E-state index is -3.44. The third kappa shape index (κ3) is 5.97. The molecule has 1 amide bonds. The first-order valence-corrected chi connectivity index (χ1v) is 12.3. The van der Waals surface area contributed by atoms with Crippen LogP contribution in [-0.2, 0) is 19.6 Å². The molecule has 0 spiro atoms. The van der Waals surface area contributed by atoms with Crippen LogP contribution < -0.4 is 9.62 Å². The second-order valence-electron chi connectivity index (χ2n) is 8.35. The van der Waals surface area contributed by atoms with Crippen LogP contribution in [0.1, 0.15) is 64.2 Å². The van der Waals surface area contributed by atoms with Gasteiger partial charge in [-0.25, -0.2) is 8.42 Å². The Hall–Kier alpha value is -2.09. The van der Waals surface area contributed by atoms with Crippen LogP contribution in [0.4, 0.5) is 5.69 Å². The standard InChI is InChI=1S/C22H34N2O5S/c1-6-11-30(27,28)24(7-2)18-10-8-9-17(14-18)21(25)23-19(12-15(3)4)20-13-16(5)22(26)29-20/h8-10,14-16,19-20H,6-7,11-13H2,1-5H3,(H,23,25)/t16-,19+,20-/m1/s1. The number of carbonyl (C=O) groups is 2. The minimum Gasteiger partial charge on any atom is -0.460 e. The maximum atomic E-state index is 13.0. The van der Waals surface area contributed by atoms with Crippen LogP contribution in [-0.4, -0.2) is 44.7 Å². The van der Waals surface area contributed by atoms with E-state index in [2.05, 4.69) is 19.2 Å². The number of ether oxygens (including phenoxy) is 1. The molecule has 168 valence electrons. The molecule has 1 saturated heterocycles. The van der Waals surface area contributed by atoms with Crippen LogP contribution in [0, 0.1) is 11.8 Å². The normalized spacial score (nSPS) is 20.1. The second kappa shape index (κ2) is 10.3. The molecule has 30 heavy (non-hydrogen) atoms. The van der Waals surface area contributed by atoms with Gasteiger partial charge in [-0.05, 0) is 50.3 Å². The molecule has 0 radical (unpaired) electrons. The Kier molecular flexibility index (Phi) is 8.29. The number of amides is 1. The van der Waals surface area contributed by atoms with Gasteiger partial charge in [0, 0.05) is 12.1 Å². The molecule has 8 heteroatoms. The first kappa shape index (κ1) is 24.2. The van der Waals surface area contributed by atoms with E-state index < -0.39 is 10.0 Å². The number of nitrogens with zero attached hydrogens (tertiary/aromatic N) is 1. The third-order valence-corrected chi connectivity index (χ3v) is 7.29. The molecule has 0 unspecified atom stereocenters. The summed E-state index contributed by atoms with van der Waals surface area (Å²) in [6, 6.07) is 6.35. The Bertz CT molecular complexity index is 853. The fourth-order valence-corrected chi connectivity index (χ4v) is 5.34. The molecule has 1 aromatic carbocycles. The van der Waals surface area contributed by atoms with Gasteiger partial charge in [-0.15, -0.1) is 0 Å². The zero-order valence-corrected chi connectivity index (χ0v) is 19.4. The number of hydrogen-bond donors (Lipinski definition) is 1. The fourth-order valence-electron chi connectivity index (χ4n) is 3.78. The molecule has 1 aromatic rings. The van der Waals surface area contributed by atoms with Crippen LogP contribution in [0.15, 0.2) is 24.3 Å². The van der Waals surface area contributed by atoms with Crippen molar-refractivity contribution in [2.24, 2.45) is 11.8 Å². The summed E-state index contributed by atoms with van der Waals surface area (Å²) in [5, 5.41) is 3.01. The zero-order valence-electron chi connectivity index (χ0n) is 18.6. The smallest absolute Gasteiger partial charge is 0.309 e. The number of cyclic esters (lactones) is 1. The summed E-state index contributed by atoms with van der Waals surface area (Å²) in [5.74, 6) is -0.344. The van der Waals surface area contributed by atoms with E-state index in [1.807, 2.05) is 13.8 Å². The first-order chi connectivity index (χ1) is 14.1. The van der Waals surface area contributed by atoms with Gasteiger partial charge in [-0.1, -0.05) is 33.8 Å². The van der Waals surface area contributed by atoms with Gasteiger partial charge in [0.1, 0.15) is 6.10 Å². The summed E-state index contributed by atoms with van der Waals surface area (Å²) in [6.45, 7) is 9.82. The SMILES string of the molecule is CCCS(=O)(=O)N(CC)c1cccc(C(=O)N[C@@H](CC(C)C)[C@H]2C[C@@H](C)C(=O)O2)c1. The van der Waals surface area contributed by atoms with Crippen molar-refractivity contribution < 1.29 is 22.7 Å². The predicted octanol–water partition coefficient (Wildman–Crippen LogP) is 3.35. The number of nitrogens with one attached hydrogen (secondary N) is 1. The van der Waals surface area contributed by atoms with Gasteiger partial charge < -0.3 is 10.1 Å². The number of esters is 1. The average Bonchev–Trinajstić information content (AvgIpc) is 3.00. The summed E-state index contributed by atoms with van der Waals surface area (Å²) in [4.78, 5) is 24.8. The van der Waals surface area contributed by atoms with Gasteiger partial charge in [0.05, 0.1) is 23.4 Å². The summed E-state index contributed by atoms with van der Waals surface area (Å²) < 4.78 is 31.9. The van der Waals surface area contributed by atoms with E-state index >= 15 is 0 Å². The number of sulfonamides is 1. The van der Waals surface area contributed by atoms with E-state index in [9.17, 15) is 18.0 Å². The molecule has 1 N–H and O–H groups in total. The van der Waals surface area contributed by atoms with Gasteiger partial charge in [0.25, 0.3) is 5.91 Å². The van der Waals surface area contributed by atoms with Crippen LogP contribution in [0.25, 0.3) is 0 Å². The maximum Gasteiger partial charge on any atom is 0.309 e. The molecule has 0 aliphatic carbocycles. The quantitative estimate of drug-likeness (QED) is 0.566. The number of anilines is 1. The van der Waals surface area contributed by atoms with E-state index in [0.29, 0.717) is 43.0 Å². The topological polar surface area (TPSA) is 92.8 Å².